The number of ether oxygens (including phenoxy) is 2. The third-order valence-corrected chi connectivity index (χ3v) is 3.49. The number of hydrogen-bond donors (Lipinski definition) is 0. The zero-order valence-electron chi connectivity index (χ0n) is 11.4. The van der Waals surface area contributed by atoms with Gasteiger partial charge < -0.3 is 9.47 Å². The highest BCUT2D eigenvalue weighted by atomic mass is 19.1. The number of ketones is 1. The minimum Gasteiger partial charge on any atom is -0.493 e. The lowest BCUT2D eigenvalue weighted by Crippen LogP contribution is -2.19. The van der Waals surface area contributed by atoms with E-state index in [9.17, 15) is 14.0 Å². The number of halogens is 1. The molecule has 0 bridgehead atoms. The summed E-state index contributed by atoms with van der Waals surface area (Å²) < 4.78 is 23.7. The molecule has 0 spiro atoms. The van der Waals surface area contributed by atoms with Gasteiger partial charge in [-0.15, -0.1) is 0 Å². The van der Waals surface area contributed by atoms with Crippen molar-refractivity contribution in [3.8, 4) is 5.75 Å². The van der Waals surface area contributed by atoms with Crippen molar-refractivity contribution in [3.05, 3.63) is 29.6 Å². The van der Waals surface area contributed by atoms with Crippen molar-refractivity contribution in [3.63, 3.8) is 0 Å². The Bertz CT molecular complexity index is 503. The van der Waals surface area contributed by atoms with Crippen molar-refractivity contribution < 1.29 is 23.5 Å². The molecule has 0 atom stereocenters. The predicted octanol–water partition coefficient (Wildman–Crippen LogP) is 2.75. The van der Waals surface area contributed by atoms with Gasteiger partial charge in [-0.2, -0.15) is 0 Å². The van der Waals surface area contributed by atoms with E-state index < -0.39 is 11.8 Å². The fraction of sp³-hybridized carbons (Fsp3) is 0.467. The van der Waals surface area contributed by atoms with Crippen molar-refractivity contribution in [2.75, 3.05) is 13.7 Å². The Kier molecular flexibility index (Phi) is 4.71. The van der Waals surface area contributed by atoms with E-state index in [0.717, 1.165) is 12.8 Å². The molecule has 0 radical (unpaired) electrons. The monoisotopic (exact) mass is 280 g/mol. The molecule has 1 aliphatic carbocycles. The molecule has 0 saturated heterocycles. The lowest BCUT2D eigenvalue weighted by Gasteiger charge is -2.21. The van der Waals surface area contributed by atoms with Gasteiger partial charge in [-0.1, -0.05) is 0 Å². The van der Waals surface area contributed by atoms with E-state index in [1.807, 2.05) is 0 Å². The van der Waals surface area contributed by atoms with Crippen LogP contribution in [0.2, 0.25) is 0 Å². The van der Waals surface area contributed by atoms with Gasteiger partial charge in [0.25, 0.3) is 0 Å². The smallest absolute Gasteiger partial charge is 0.340 e. The number of hydrogen-bond acceptors (Lipinski definition) is 4. The number of rotatable bonds is 4. The molecular weight excluding hydrogens is 263 g/mol. The second-order valence-electron chi connectivity index (χ2n) is 4.93. The number of benzene rings is 1. The minimum absolute atomic E-state index is 0.108. The lowest BCUT2D eigenvalue weighted by molar-refractivity contribution is -0.121. The van der Waals surface area contributed by atoms with E-state index in [2.05, 4.69) is 4.74 Å². The van der Waals surface area contributed by atoms with Crippen molar-refractivity contribution >= 4 is 11.8 Å². The van der Waals surface area contributed by atoms with E-state index in [1.54, 1.807) is 6.07 Å². The number of esters is 1. The summed E-state index contributed by atoms with van der Waals surface area (Å²) in [5, 5.41) is 0. The first kappa shape index (κ1) is 14.5. The maximum atomic E-state index is 13.7. The number of carbonyl (C=O) groups is 2. The molecule has 1 aliphatic rings. The molecule has 0 unspecified atom stereocenters. The Morgan fingerprint density at radius 3 is 2.65 bits per heavy atom. The van der Waals surface area contributed by atoms with Crippen LogP contribution in [-0.4, -0.2) is 25.5 Å². The summed E-state index contributed by atoms with van der Waals surface area (Å²) in [6.45, 7) is 0.463. The topological polar surface area (TPSA) is 52.6 Å². The van der Waals surface area contributed by atoms with Gasteiger partial charge in [0.2, 0.25) is 0 Å². The summed E-state index contributed by atoms with van der Waals surface area (Å²) >= 11 is 0. The molecule has 5 heteroatoms. The third-order valence-electron chi connectivity index (χ3n) is 3.49. The summed E-state index contributed by atoms with van der Waals surface area (Å²) in [6, 6.07) is 4.07. The van der Waals surface area contributed by atoms with Crippen LogP contribution in [0.25, 0.3) is 0 Å². The van der Waals surface area contributed by atoms with Gasteiger partial charge in [-0.3, -0.25) is 4.79 Å². The highest BCUT2D eigenvalue weighted by molar-refractivity contribution is 5.89. The molecule has 20 heavy (non-hydrogen) atoms. The minimum atomic E-state index is -0.708. The van der Waals surface area contributed by atoms with Crippen LogP contribution < -0.4 is 4.74 Å². The Labute approximate surface area is 116 Å². The molecule has 108 valence electrons. The molecule has 0 aliphatic heterocycles. The summed E-state index contributed by atoms with van der Waals surface area (Å²) in [4.78, 5) is 22.4. The Morgan fingerprint density at radius 1 is 1.35 bits per heavy atom. The standard InChI is InChI=1S/C15H17FO4/c1-19-15(18)13-7-6-12(8-14(13)16)20-9-10-2-4-11(17)5-3-10/h6-8,10H,2-5,9H2,1H3. The van der Waals surface area contributed by atoms with Crippen molar-refractivity contribution in [2.24, 2.45) is 5.92 Å². The zero-order chi connectivity index (χ0) is 14.5. The average molecular weight is 280 g/mol. The Morgan fingerprint density at radius 2 is 2.05 bits per heavy atom. The van der Waals surface area contributed by atoms with Crippen LogP contribution in [0.15, 0.2) is 18.2 Å². The predicted molar refractivity (Wildman–Crippen MR) is 70.2 cm³/mol. The van der Waals surface area contributed by atoms with Gasteiger partial charge in [0.05, 0.1) is 19.3 Å². The fourth-order valence-electron chi connectivity index (χ4n) is 2.24. The van der Waals surface area contributed by atoms with Crippen molar-refractivity contribution in [2.45, 2.75) is 25.7 Å². The second-order valence-corrected chi connectivity index (χ2v) is 4.93. The first-order chi connectivity index (χ1) is 9.60. The maximum Gasteiger partial charge on any atom is 0.340 e. The average Bonchev–Trinajstić information content (AvgIpc) is 2.46. The summed E-state index contributed by atoms with van der Waals surface area (Å²) in [6.07, 6.45) is 2.84. The fourth-order valence-corrected chi connectivity index (χ4v) is 2.24. The van der Waals surface area contributed by atoms with Crippen LogP contribution in [0, 0.1) is 11.7 Å². The van der Waals surface area contributed by atoms with Crippen LogP contribution in [-0.2, 0) is 9.53 Å². The van der Waals surface area contributed by atoms with Crippen LogP contribution >= 0.6 is 0 Å². The number of carbonyl (C=O) groups excluding carboxylic acids is 2. The van der Waals surface area contributed by atoms with Gasteiger partial charge in [-0.25, -0.2) is 9.18 Å². The van der Waals surface area contributed by atoms with Crippen LogP contribution in [0.5, 0.6) is 5.75 Å². The van der Waals surface area contributed by atoms with Crippen LogP contribution in [0.4, 0.5) is 4.39 Å². The largest absolute Gasteiger partial charge is 0.493 e. The highest BCUT2D eigenvalue weighted by Crippen LogP contribution is 2.23. The van der Waals surface area contributed by atoms with Gasteiger partial charge in [0.1, 0.15) is 17.3 Å². The first-order valence-electron chi connectivity index (χ1n) is 6.62. The Balaban J connectivity index is 1.92. The molecule has 1 fully saturated rings. The van der Waals surface area contributed by atoms with Gasteiger partial charge in [0.15, 0.2) is 0 Å². The second kappa shape index (κ2) is 6.50. The van der Waals surface area contributed by atoms with Crippen LogP contribution in [0.3, 0.4) is 0 Å². The van der Waals surface area contributed by atoms with Crippen molar-refractivity contribution in [1.82, 2.24) is 0 Å². The highest BCUT2D eigenvalue weighted by Gasteiger charge is 2.19. The third kappa shape index (κ3) is 3.56. The summed E-state index contributed by atoms with van der Waals surface area (Å²) in [5.74, 6) is -0.356. The van der Waals surface area contributed by atoms with Gasteiger partial charge in [-0.05, 0) is 30.9 Å². The Hall–Kier alpha value is -1.91. The normalized spacial score (nSPS) is 16.0. The molecule has 0 N–H and O–H groups in total. The lowest BCUT2D eigenvalue weighted by atomic mass is 9.89. The van der Waals surface area contributed by atoms with E-state index >= 15 is 0 Å². The quantitative estimate of drug-likeness (QED) is 0.796. The molecule has 1 aromatic carbocycles. The molecule has 0 aromatic heterocycles. The van der Waals surface area contributed by atoms with Gasteiger partial charge >= 0.3 is 5.97 Å². The molecule has 1 saturated carbocycles. The maximum absolute atomic E-state index is 13.7. The molecule has 4 nitrogen and oxygen atoms in total. The number of Topliss-reactive ketones (excluding diaryl/α,β-unsaturated/α-hetero) is 1. The molecule has 0 heterocycles. The molecule has 0 amide bonds. The SMILES string of the molecule is COC(=O)c1ccc(OCC2CCC(=O)CC2)cc1F. The molecule has 1 aromatic rings. The first-order valence-corrected chi connectivity index (χ1v) is 6.62. The van der Waals surface area contributed by atoms with Crippen LogP contribution in [0.1, 0.15) is 36.0 Å². The number of methoxy groups -OCH3 is 1. The molecule has 2 rings (SSSR count). The van der Waals surface area contributed by atoms with Gasteiger partial charge in [0, 0.05) is 18.9 Å². The van der Waals surface area contributed by atoms with E-state index in [0.29, 0.717) is 36.9 Å². The summed E-state index contributed by atoms with van der Waals surface area (Å²) in [7, 11) is 1.20. The van der Waals surface area contributed by atoms with E-state index in [1.165, 1.54) is 19.2 Å². The van der Waals surface area contributed by atoms with E-state index in [-0.39, 0.29) is 5.56 Å². The zero-order valence-corrected chi connectivity index (χ0v) is 11.4. The van der Waals surface area contributed by atoms with Crippen molar-refractivity contribution in [1.29, 1.82) is 0 Å². The molecular formula is C15H17FO4. The summed E-state index contributed by atoms with van der Waals surface area (Å²) in [5.41, 5.74) is -0.108. The van der Waals surface area contributed by atoms with E-state index in [4.69, 9.17) is 4.74 Å².